The van der Waals surface area contributed by atoms with Gasteiger partial charge >= 0.3 is 0 Å². The number of fused-ring (bicyclic) bond motifs is 1. The first-order valence-corrected chi connectivity index (χ1v) is 11.3. The van der Waals surface area contributed by atoms with Gasteiger partial charge in [0, 0.05) is 29.8 Å². The maximum Gasteiger partial charge on any atom is 0.260 e. The quantitative estimate of drug-likeness (QED) is 0.329. The smallest absolute Gasteiger partial charge is 0.260 e. The van der Waals surface area contributed by atoms with Crippen LogP contribution in [0.5, 0.6) is 5.75 Å². The largest absolute Gasteiger partial charge is 0.493 e. The van der Waals surface area contributed by atoms with E-state index in [2.05, 4.69) is 25.6 Å². The number of carbonyl (C=O) groups is 1. The van der Waals surface area contributed by atoms with Crippen LogP contribution in [-0.4, -0.2) is 32.0 Å². The Morgan fingerprint density at radius 2 is 1.77 bits per heavy atom. The molecule has 174 valence electrons. The summed E-state index contributed by atoms with van der Waals surface area (Å²) in [4.78, 5) is 26.1. The maximum absolute atomic E-state index is 13.2. The first-order valence-electron chi connectivity index (χ1n) is 11.3. The Bertz CT molecular complexity index is 1490. The lowest BCUT2D eigenvalue weighted by molar-refractivity contribution is 0.102. The van der Waals surface area contributed by atoms with Crippen molar-refractivity contribution < 1.29 is 9.53 Å². The molecule has 0 atom stereocenters. The zero-order valence-electron chi connectivity index (χ0n) is 19.4. The second-order valence-corrected chi connectivity index (χ2v) is 7.86. The Hall–Kier alpha value is -4.72. The summed E-state index contributed by atoms with van der Waals surface area (Å²) in [5.74, 6) is 2.56. The van der Waals surface area contributed by atoms with E-state index in [4.69, 9.17) is 4.74 Å². The summed E-state index contributed by atoms with van der Waals surface area (Å²) >= 11 is 0. The number of aryl methyl sites for hydroxylation is 1. The highest BCUT2D eigenvalue weighted by Gasteiger charge is 2.17. The molecule has 0 unspecified atom stereocenters. The van der Waals surface area contributed by atoms with Crippen LogP contribution < -0.4 is 15.4 Å². The summed E-state index contributed by atoms with van der Waals surface area (Å²) in [5, 5.41) is 8.09. The SMILES string of the molecule is CCOc1ccc2ccccc2c1C(=O)Nc1ccc(Nc2cc(-n3ccnc3C)ncn2)cc1. The Morgan fingerprint density at radius 3 is 2.54 bits per heavy atom. The second kappa shape index (κ2) is 9.64. The number of hydrogen-bond donors (Lipinski definition) is 2. The molecule has 2 N–H and O–H groups in total. The number of nitrogens with zero attached hydrogens (tertiary/aromatic N) is 4. The molecule has 2 heterocycles. The van der Waals surface area contributed by atoms with Gasteiger partial charge in [0.2, 0.25) is 0 Å². The van der Waals surface area contributed by atoms with E-state index in [1.165, 1.54) is 6.33 Å². The third kappa shape index (κ3) is 4.67. The predicted octanol–water partition coefficient (Wildman–Crippen LogP) is 5.52. The highest BCUT2D eigenvalue weighted by Crippen LogP contribution is 2.29. The fraction of sp³-hybridized carbons (Fsp3) is 0.111. The van der Waals surface area contributed by atoms with Gasteiger partial charge < -0.3 is 15.4 Å². The van der Waals surface area contributed by atoms with Gasteiger partial charge in [-0.2, -0.15) is 0 Å². The van der Waals surface area contributed by atoms with Crippen molar-refractivity contribution >= 4 is 33.9 Å². The minimum Gasteiger partial charge on any atom is -0.493 e. The molecule has 35 heavy (non-hydrogen) atoms. The van der Waals surface area contributed by atoms with Crippen LogP contribution in [0, 0.1) is 6.92 Å². The fourth-order valence-electron chi connectivity index (χ4n) is 3.91. The molecule has 1 amide bonds. The van der Waals surface area contributed by atoms with Crippen molar-refractivity contribution in [1.29, 1.82) is 0 Å². The fourth-order valence-corrected chi connectivity index (χ4v) is 3.91. The Kier molecular flexibility index (Phi) is 6.09. The Morgan fingerprint density at radius 1 is 0.971 bits per heavy atom. The molecular formula is C27H24N6O2. The molecule has 0 aliphatic rings. The molecule has 5 rings (SSSR count). The van der Waals surface area contributed by atoms with Crippen LogP contribution >= 0.6 is 0 Å². The van der Waals surface area contributed by atoms with E-state index in [9.17, 15) is 4.79 Å². The molecule has 0 bridgehead atoms. The van der Waals surface area contributed by atoms with Crippen molar-refractivity contribution in [3.63, 3.8) is 0 Å². The van der Waals surface area contributed by atoms with Crippen molar-refractivity contribution in [3.8, 4) is 11.6 Å². The van der Waals surface area contributed by atoms with Gasteiger partial charge in [-0.3, -0.25) is 9.36 Å². The van der Waals surface area contributed by atoms with Crippen molar-refractivity contribution in [2.75, 3.05) is 17.2 Å². The van der Waals surface area contributed by atoms with E-state index in [1.807, 2.05) is 91.3 Å². The lowest BCUT2D eigenvalue weighted by Crippen LogP contribution is -2.14. The number of nitrogens with one attached hydrogen (secondary N) is 2. The monoisotopic (exact) mass is 464 g/mol. The Labute approximate surface area is 202 Å². The normalized spacial score (nSPS) is 10.8. The van der Waals surface area contributed by atoms with Gasteiger partial charge in [-0.05, 0) is 55.0 Å². The molecule has 0 aliphatic carbocycles. The van der Waals surface area contributed by atoms with E-state index >= 15 is 0 Å². The lowest BCUT2D eigenvalue weighted by atomic mass is 10.0. The average molecular weight is 465 g/mol. The highest BCUT2D eigenvalue weighted by molar-refractivity contribution is 6.15. The lowest BCUT2D eigenvalue weighted by Gasteiger charge is -2.14. The molecule has 5 aromatic rings. The summed E-state index contributed by atoms with van der Waals surface area (Å²) in [6.07, 6.45) is 5.09. The van der Waals surface area contributed by atoms with Crippen molar-refractivity contribution in [2.45, 2.75) is 13.8 Å². The van der Waals surface area contributed by atoms with E-state index in [0.29, 0.717) is 29.4 Å². The Balaban J connectivity index is 1.34. The van der Waals surface area contributed by atoms with Gasteiger partial charge in [0.25, 0.3) is 5.91 Å². The predicted molar refractivity (Wildman–Crippen MR) is 137 cm³/mol. The van der Waals surface area contributed by atoms with E-state index in [1.54, 1.807) is 6.20 Å². The number of aromatic nitrogens is 4. The van der Waals surface area contributed by atoms with Crippen LogP contribution in [-0.2, 0) is 0 Å². The molecule has 0 spiro atoms. The van der Waals surface area contributed by atoms with Crippen molar-refractivity contribution in [2.24, 2.45) is 0 Å². The summed E-state index contributed by atoms with van der Waals surface area (Å²) in [7, 11) is 0. The van der Waals surface area contributed by atoms with Crippen LogP contribution in [0.2, 0.25) is 0 Å². The summed E-state index contributed by atoms with van der Waals surface area (Å²) < 4.78 is 7.63. The molecule has 0 aliphatic heterocycles. The van der Waals surface area contributed by atoms with Crippen LogP contribution in [0.1, 0.15) is 23.1 Å². The summed E-state index contributed by atoms with van der Waals surface area (Å²) in [6.45, 7) is 4.29. The van der Waals surface area contributed by atoms with Gasteiger partial charge in [0.1, 0.15) is 29.5 Å². The minimum atomic E-state index is -0.220. The van der Waals surface area contributed by atoms with E-state index in [0.717, 1.165) is 28.1 Å². The molecule has 3 aromatic carbocycles. The third-order valence-corrected chi connectivity index (χ3v) is 5.56. The molecule has 0 saturated heterocycles. The molecule has 0 saturated carbocycles. The maximum atomic E-state index is 13.2. The zero-order chi connectivity index (χ0) is 24.2. The van der Waals surface area contributed by atoms with Crippen molar-refractivity contribution in [1.82, 2.24) is 19.5 Å². The zero-order valence-corrected chi connectivity index (χ0v) is 19.4. The molecular weight excluding hydrogens is 440 g/mol. The summed E-state index contributed by atoms with van der Waals surface area (Å²) in [5.41, 5.74) is 2.03. The molecule has 8 heteroatoms. The van der Waals surface area contributed by atoms with Crippen LogP contribution in [0.4, 0.5) is 17.2 Å². The molecule has 0 radical (unpaired) electrons. The summed E-state index contributed by atoms with van der Waals surface area (Å²) in [6, 6.07) is 20.9. The molecule has 2 aromatic heterocycles. The topological polar surface area (TPSA) is 94.0 Å². The first-order chi connectivity index (χ1) is 17.1. The standard InChI is InChI=1S/C27H24N6O2/c1-3-35-23-13-8-19-6-4-5-7-22(19)26(23)27(34)32-21-11-9-20(10-12-21)31-24-16-25(30-17-29-24)33-15-14-28-18(33)2/h4-17H,3H2,1-2H3,(H,32,34)(H,29,30,31). The second-order valence-electron chi connectivity index (χ2n) is 7.86. The number of carbonyl (C=O) groups excluding carboxylic acids is 1. The number of benzene rings is 3. The van der Waals surface area contributed by atoms with Crippen LogP contribution in [0.3, 0.4) is 0 Å². The highest BCUT2D eigenvalue weighted by atomic mass is 16.5. The van der Waals surface area contributed by atoms with Crippen LogP contribution in [0.15, 0.2) is 85.5 Å². The van der Waals surface area contributed by atoms with E-state index in [-0.39, 0.29) is 5.91 Å². The van der Waals surface area contributed by atoms with Crippen molar-refractivity contribution in [3.05, 3.63) is 96.8 Å². The number of amides is 1. The number of rotatable bonds is 7. The van der Waals surface area contributed by atoms with Crippen LogP contribution in [0.25, 0.3) is 16.6 Å². The molecule has 0 fully saturated rings. The van der Waals surface area contributed by atoms with Gasteiger partial charge in [-0.15, -0.1) is 0 Å². The number of imidazole rings is 1. The number of anilines is 3. The minimum absolute atomic E-state index is 0.220. The van der Waals surface area contributed by atoms with Gasteiger partial charge in [-0.25, -0.2) is 15.0 Å². The van der Waals surface area contributed by atoms with E-state index < -0.39 is 0 Å². The third-order valence-electron chi connectivity index (χ3n) is 5.56. The number of ether oxygens (including phenoxy) is 1. The molecule has 8 nitrogen and oxygen atoms in total. The van der Waals surface area contributed by atoms with Gasteiger partial charge in [-0.1, -0.05) is 30.3 Å². The van der Waals surface area contributed by atoms with Gasteiger partial charge in [0.15, 0.2) is 0 Å². The number of hydrogen-bond acceptors (Lipinski definition) is 6. The first kappa shape index (κ1) is 22.1. The average Bonchev–Trinajstić information content (AvgIpc) is 3.31. The van der Waals surface area contributed by atoms with Gasteiger partial charge in [0.05, 0.1) is 12.2 Å².